The highest BCUT2D eigenvalue weighted by molar-refractivity contribution is 5.76. The van der Waals surface area contributed by atoms with E-state index in [1.54, 1.807) is 0 Å². The summed E-state index contributed by atoms with van der Waals surface area (Å²) in [5.74, 6) is 3.15. The van der Waals surface area contributed by atoms with Gasteiger partial charge in [0.15, 0.2) is 0 Å². The van der Waals surface area contributed by atoms with Crippen LogP contribution in [0.15, 0.2) is 10.6 Å². The van der Waals surface area contributed by atoms with E-state index in [0.29, 0.717) is 18.8 Å². The SMILES string of the molecule is Cc1cc(N2CCN(C(=O)CCc3c(C)noc3C)CC2)nc(C(C)C)n1. The maximum atomic E-state index is 12.6. The highest BCUT2D eigenvalue weighted by Crippen LogP contribution is 2.20. The van der Waals surface area contributed by atoms with Crippen LogP contribution in [-0.2, 0) is 11.2 Å². The molecule has 3 heterocycles. The summed E-state index contributed by atoms with van der Waals surface area (Å²) in [5, 5.41) is 3.96. The molecule has 3 rings (SSSR count). The van der Waals surface area contributed by atoms with Crippen molar-refractivity contribution in [1.29, 1.82) is 0 Å². The molecule has 27 heavy (non-hydrogen) atoms. The monoisotopic (exact) mass is 371 g/mol. The van der Waals surface area contributed by atoms with Gasteiger partial charge in [0.2, 0.25) is 5.91 Å². The number of carbonyl (C=O) groups is 1. The fourth-order valence-corrected chi connectivity index (χ4v) is 3.43. The Morgan fingerprint density at radius 2 is 1.85 bits per heavy atom. The van der Waals surface area contributed by atoms with Crippen LogP contribution in [-0.4, -0.2) is 52.1 Å². The minimum atomic E-state index is 0.191. The van der Waals surface area contributed by atoms with E-state index < -0.39 is 0 Å². The minimum Gasteiger partial charge on any atom is -0.361 e. The molecule has 2 aromatic rings. The fraction of sp³-hybridized carbons (Fsp3) is 0.600. The van der Waals surface area contributed by atoms with Gasteiger partial charge in [-0.3, -0.25) is 4.79 Å². The van der Waals surface area contributed by atoms with E-state index >= 15 is 0 Å². The van der Waals surface area contributed by atoms with Crippen molar-refractivity contribution in [2.45, 2.75) is 53.4 Å². The molecule has 1 aliphatic heterocycles. The van der Waals surface area contributed by atoms with E-state index in [1.165, 1.54) is 0 Å². The third-order valence-electron chi connectivity index (χ3n) is 5.10. The van der Waals surface area contributed by atoms with Crippen LogP contribution in [0.3, 0.4) is 0 Å². The number of anilines is 1. The first-order valence-corrected chi connectivity index (χ1v) is 9.65. The smallest absolute Gasteiger partial charge is 0.223 e. The molecular formula is C20H29N5O2. The number of nitrogens with zero attached hydrogens (tertiary/aromatic N) is 5. The van der Waals surface area contributed by atoms with Gasteiger partial charge in [-0.05, 0) is 27.2 Å². The lowest BCUT2D eigenvalue weighted by molar-refractivity contribution is -0.131. The van der Waals surface area contributed by atoms with E-state index in [-0.39, 0.29) is 5.91 Å². The molecule has 1 amide bonds. The van der Waals surface area contributed by atoms with Crippen LogP contribution in [0.25, 0.3) is 0 Å². The van der Waals surface area contributed by atoms with E-state index in [2.05, 4.69) is 28.9 Å². The van der Waals surface area contributed by atoms with Gasteiger partial charge in [0.25, 0.3) is 0 Å². The van der Waals surface area contributed by atoms with Crippen LogP contribution >= 0.6 is 0 Å². The van der Waals surface area contributed by atoms with E-state index in [9.17, 15) is 4.79 Å². The van der Waals surface area contributed by atoms with Gasteiger partial charge in [-0.1, -0.05) is 19.0 Å². The van der Waals surface area contributed by atoms with Crippen molar-refractivity contribution in [2.75, 3.05) is 31.1 Å². The Morgan fingerprint density at radius 1 is 1.15 bits per heavy atom. The lowest BCUT2D eigenvalue weighted by Crippen LogP contribution is -2.49. The Hall–Kier alpha value is -2.44. The van der Waals surface area contributed by atoms with Crippen molar-refractivity contribution in [2.24, 2.45) is 0 Å². The number of carbonyl (C=O) groups excluding carboxylic acids is 1. The molecule has 2 aromatic heterocycles. The number of aromatic nitrogens is 3. The standard InChI is InChI=1S/C20H29N5O2/c1-13(2)20-21-14(3)12-18(22-20)24-8-10-25(11-9-24)19(26)7-6-17-15(4)23-27-16(17)5/h12-13H,6-11H2,1-5H3. The second-order valence-corrected chi connectivity index (χ2v) is 7.55. The topological polar surface area (TPSA) is 75.4 Å². The largest absolute Gasteiger partial charge is 0.361 e. The highest BCUT2D eigenvalue weighted by Gasteiger charge is 2.23. The molecule has 0 aliphatic carbocycles. The Labute approximate surface area is 160 Å². The fourth-order valence-electron chi connectivity index (χ4n) is 3.43. The van der Waals surface area contributed by atoms with Gasteiger partial charge in [0.1, 0.15) is 17.4 Å². The zero-order valence-electron chi connectivity index (χ0n) is 16.9. The molecule has 7 nitrogen and oxygen atoms in total. The molecular weight excluding hydrogens is 342 g/mol. The highest BCUT2D eigenvalue weighted by atomic mass is 16.5. The summed E-state index contributed by atoms with van der Waals surface area (Å²) < 4.78 is 5.18. The number of rotatable bonds is 5. The van der Waals surface area contributed by atoms with Gasteiger partial charge in [0.05, 0.1) is 5.69 Å². The summed E-state index contributed by atoms with van der Waals surface area (Å²) in [6.45, 7) is 13.1. The number of aryl methyl sites for hydroxylation is 3. The van der Waals surface area contributed by atoms with Gasteiger partial charge >= 0.3 is 0 Å². The third kappa shape index (κ3) is 4.46. The van der Waals surface area contributed by atoms with Crippen molar-refractivity contribution in [1.82, 2.24) is 20.0 Å². The second kappa shape index (κ2) is 8.06. The molecule has 0 saturated carbocycles. The summed E-state index contributed by atoms with van der Waals surface area (Å²) in [5.41, 5.74) is 2.92. The van der Waals surface area contributed by atoms with E-state index in [0.717, 1.165) is 60.5 Å². The minimum absolute atomic E-state index is 0.191. The average Bonchev–Trinajstić information content (AvgIpc) is 2.97. The van der Waals surface area contributed by atoms with Crippen LogP contribution in [0, 0.1) is 20.8 Å². The molecule has 1 saturated heterocycles. The van der Waals surface area contributed by atoms with Crippen molar-refractivity contribution >= 4 is 11.7 Å². The molecule has 0 aromatic carbocycles. The number of hydrogen-bond acceptors (Lipinski definition) is 6. The summed E-state index contributed by atoms with van der Waals surface area (Å²) >= 11 is 0. The molecule has 7 heteroatoms. The first kappa shape index (κ1) is 19.3. The maximum Gasteiger partial charge on any atom is 0.223 e. The van der Waals surface area contributed by atoms with Gasteiger partial charge in [-0.15, -0.1) is 0 Å². The molecule has 0 bridgehead atoms. The number of amides is 1. The number of piperazine rings is 1. The Kier molecular flexibility index (Phi) is 5.77. The quantitative estimate of drug-likeness (QED) is 0.804. The Bertz CT molecular complexity index is 787. The second-order valence-electron chi connectivity index (χ2n) is 7.55. The molecule has 1 aliphatic rings. The summed E-state index contributed by atoms with van der Waals surface area (Å²) in [6.07, 6.45) is 1.18. The summed E-state index contributed by atoms with van der Waals surface area (Å²) in [6, 6.07) is 2.03. The molecule has 0 radical (unpaired) electrons. The molecule has 1 fully saturated rings. The first-order valence-electron chi connectivity index (χ1n) is 9.65. The van der Waals surface area contributed by atoms with Gasteiger partial charge < -0.3 is 14.3 Å². The maximum absolute atomic E-state index is 12.6. The van der Waals surface area contributed by atoms with E-state index in [1.807, 2.05) is 31.7 Å². The molecule has 146 valence electrons. The van der Waals surface area contributed by atoms with Crippen molar-refractivity contribution in [3.05, 3.63) is 34.6 Å². The molecule has 0 N–H and O–H groups in total. The normalized spacial score (nSPS) is 14.9. The van der Waals surface area contributed by atoms with Gasteiger partial charge in [-0.25, -0.2) is 9.97 Å². The van der Waals surface area contributed by atoms with Crippen LogP contribution in [0.5, 0.6) is 0 Å². The predicted octanol–water partition coefficient (Wildman–Crippen LogP) is 2.79. The van der Waals surface area contributed by atoms with Crippen LogP contribution in [0.2, 0.25) is 0 Å². The molecule has 0 atom stereocenters. The summed E-state index contributed by atoms with van der Waals surface area (Å²) in [7, 11) is 0. The van der Waals surface area contributed by atoms with E-state index in [4.69, 9.17) is 9.51 Å². The van der Waals surface area contributed by atoms with Gasteiger partial charge in [-0.2, -0.15) is 0 Å². The molecule has 0 unspecified atom stereocenters. The van der Waals surface area contributed by atoms with Crippen LogP contribution in [0.1, 0.15) is 54.7 Å². The summed E-state index contributed by atoms with van der Waals surface area (Å²) in [4.78, 5) is 26.0. The van der Waals surface area contributed by atoms with Crippen molar-refractivity contribution < 1.29 is 9.32 Å². The van der Waals surface area contributed by atoms with Crippen molar-refractivity contribution in [3.63, 3.8) is 0 Å². The lowest BCUT2D eigenvalue weighted by atomic mass is 10.1. The zero-order chi connectivity index (χ0) is 19.6. The Balaban J connectivity index is 1.56. The Morgan fingerprint density at radius 3 is 2.44 bits per heavy atom. The van der Waals surface area contributed by atoms with Crippen LogP contribution < -0.4 is 4.90 Å². The van der Waals surface area contributed by atoms with Crippen molar-refractivity contribution in [3.8, 4) is 0 Å². The lowest BCUT2D eigenvalue weighted by Gasteiger charge is -2.35. The van der Waals surface area contributed by atoms with Gasteiger partial charge in [0, 0.05) is 55.8 Å². The third-order valence-corrected chi connectivity index (χ3v) is 5.10. The zero-order valence-corrected chi connectivity index (χ0v) is 16.9. The average molecular weight is 371 g/mol. The predicted molar refractivity (Wildman–Crippen MR) is 104 cm³/mol. The number of hydrogen-bond donors (Lipinski definition) is 0. The van der Waals surface area contributed by atoms with Crippen LogP contribution in [0.4, 0.5) is 5.82 Å². The molecule has 0 spiro atoms. The first-order chi connectivity index (χ1) is 12.8.